The van der Waals surface area contributed by atoms with Gasteiger partial charge in [0, 0.05) is 17.9 Å². The van der Waals surface area contributed by atoms with E-state index in [0.29, 0.717) is 12.0 Å². The van der Waals surface area contributed by atoms with Crippen LogP contribution < -0.4 is 0 Å². The van der Waals surface area contributed by atoms with Crippen LogP contribution in [0.1, 0.15) is 6.42 Å². The molecule has 0 aromatic carbocycles. The molecule has 0 amide bonds. The summed E-state index contributed by atoms with van der Waals surface area (Å²) in [6.07, 6.45) is 0.423. The molecule has 1 N–H and O–H groups in total. The monoisotopic (exact) mass is 276 g/mol. The Hall–Kier alpha value is -1.72. The molecule has 3 aliphatic rings. The van der Waals surface area contributed by atoms with Gasteiger partial charge in [0.2, 0.25) is 0 Å². The van der Waals surface area contributed by atoms with Gasteiger partial charge < -0.3 is 14.6 Å². The maximum absolute atomic E-state index is 11.8. The van der Waals surface area contributed by atoms with E-state index in [4.69, 9.17) is 9.47 Å². The Bertz CT molecular complexity index is 548. The van der Waals surface area contributed by atoms with Gasteiger partial charge >= 0.3 is 5.97 Å². The number of aliphatic hydroxyl groups is 1. The number of ether oxygens (including phenoxy) is 2. The Morgan fingerprint density at radius 2 is 2.00 bits per heavy atom. The fourth-order valence-corrected chi connectivity index (χ4v) is 3.56. The van der Waals surface area contributed by atoms with Crippen molar-refractivity contribution >= 4 is 11.8 Å². The van der Waals surface area contributed by atoms with E-state index in [0.717, 1.165) is 0 Å². The minimum Gasteiger partial charge on any atom is -0.458 e. The molecule has 5 nitrogen and oxygen atoms in total. The SMILES string of the molecule is C=C[C@]12C[C@@H]3OC(=O)C(=C)C3[C@H](O)[C@H]1C(=C)C(=O)CO2. The van der Waals surface area contributed by atoms with Crippen molar-refractivity contribution in [3.05, 3.63) is 37.0 Å². The fourth-order valence-electron chi connectivity index (χ4n) is 3.56. The van der Waals surface area contributed by atoms with Crippen molar-refractivity contribution in [3.8, 4) is 0 Å². The van der Waals surface area contributed by atoms with Gasteiger partial charge in [-0.05, 0) is 5.57 Å². The number of hydrogen-bond acceptors (Lipinski definition) is 5. The first-order chi connectivity index (χ1) is 9.41. The van der Waals surface area contributed by atoms with Gasteiger partial charge in [0.1, 0.15) is 12.7 Å². The highest BCUT2D eigenvalue weighted by Crippen LogP contribution is 2.51. The predicted molar refractivity (Wildman–Crippen MR) is 69.7 cm³/mol. The molecule has 0 spiro atoms. The van der Waals surface area contributed by atoms with Gasteiger partial charge in [0.25, 0.3) is 0 Å². The molecule has 2 saturated heterocycles. The van der Waals surface area contributed by atoms with E-state index < -0.39 is 35.6 Å². The van der Waals surface area contributed by atoms with E-state index in [-0.39, 0.29) is 18.0 Å². The molecule has 3 rings (SSSR count). The van der Waals surface area contributed by atoms with Gasteiger partial charge in [0.15, 0.2) is 5.78 Å². The van der Waals surface area contributed by atoms with Crippen molar-refractivity contribution in [2.24, 2.45) is 11.8 Å². The third-order valence-electron chi connectivity index (χ3n) is 4.63. The molecule has 1 unspecified atom stereocenters. The van der Waals surface area contributed by atoms with Gasteiger partial charge in [-0.2, -0.15) is 0 Å². The Labute approximate surface area is 116 Å². The van der Waals surface area contributed by atoms with Crippen molar-refractivity contribution < 1.29 is 24.2 Å². The number of esters is 1. The van der Waals surface area contributed by atoms with Gasteiger partial charge in [-0.3, -0.25) is 4.79 Å². The maximum Gasteiger partial charge on any atom is 0.334 e. The lowest BCUT2D eigenvalue weighted by molar-refractivity contribution is -0.174. The van der Waals surface area contributed by atoms with E-state index in [9.17, 15) is 14.7 Å². The number of carbonyl (C=O) groups excluding carboxylic acids is 2. The lowest BCUT2D eigenvalue weighted by atomic mass is 9.62. The smallest absolute Gasteiger partial charge is 0.334 e. The van der Waals surface area contributed by atoms with Crippen LogP contribution in [0.3, 0.4) is 0 Å². The summed E-state index contributed by atoms with van der Waals surface area (Å²) < 4.78 is 10.9. The first kappa shape index (κ1) is 13.3. The Balaban J connectivity index is 2.06. The summed E-state index contributed by atoms with van der Waals surface area (Å²) in [5.41, 5.74) is -0.364. The van der Waals surface area contributed by atoms with E-state index in [1.807, 2.05) is 0 Å². The number of fused-ring (bicyclic) bond motifs is 2. The first-order valence-corrected chi connectivity index (χ1v) is 6.48. The topological polar surface area (TPSA) is 72.8 Å². The highest BCUT2D eigenvalue weighted by atomic mass is 16.6. The van der Waals surface area contributed by atoms with E-state index >= 15 is 0 Å². The van der Waals surface area contributed by atoms with Crippen LogP contribution in [0.15, 0.2) is 37.0 Å². The van der Waals surface area contributed by atoms with Gasteiger partial charge in [-0.1, -0.05) is 19.2 Å². The standard InChI is InChI=1S/C15H16O5/c1-4-15-5-10-11(8(3)14(18)20-10)13(17)12(15)7(2)9(16)6-19-15/h4,10-13,17H,1-3,5-6H2/t10-,11?,12+,13-,15-/m0/s1. The Morgan fingerprint density at radius 1 is 1.30 bits per heavy atom. The third kappa shape index (κ3) is 1.50. The zero-order valence-corrected chi connectivity index (χ0v) is 11.0. The van der Waals surface area contributed by atoms with Gasteiger partial charge in [-0.15, -0.1) is 6.58 Å². The number of Topliss-reactive ketones (excluding diaryl/α,β-unsaturated/α-hetero) is 1. The average Bonchev–Trinajstić information content (AvgIpc) is 2.69. The molecule has 1 saturated carbocycles. The molecule has 2 aliphatic heterocycles. The normalized spacial score (nSPS) is 43.9. The van der Waals surface area contributed by atoms with Crippen molar-refractivity contribution in [1.29, 1.82) is 0 Å². The second kappa shape index (κ2) is 4.14. The molecular weight excluding hydrogens is 260 g/mol. The van der Waals surface area contributed by atoms with Crippen LogP contribution in [-0.2, 0) is 19.1 Å². The summed E-state index contributed by atoms with van der Waals surface area (Å²) in [7, 11) is 0. The van der Waals surface area contributed by atoms with Crippen LogP contribution in [0.4, 0.5) is 0 Å². The average molecular weight is 276 g/mol. The van der Waals surface area contributed by atoms with Crippen LogP contribution in [0.25, 0.3) is 0 Å². The molecule has 5 atom stereocenters. The maximum atomic E-state index is 11.8. The molecular formula is C15H16O5. The number of rotatable bonds is 1. The summed E-state index contributed by atoms with van der Waals surface area (Å²) in [6.45, 7) is 11.1. The second-order valence-corrected chi connectivity index (χ2v) is 5.56. The van der Waals surface area contributed by atoms with Crippen molar-refractivity contribution in [2.45, 2.75) is 24.2 Å². The number of ketones is 1. The molecule has 0 aromatic rings. The number of hydrogen-bond donors (Lipinski definition) is 1. The van der Waals surface area contributed by atoms with E-state index in [1.165, 1.54) is 0 Å². The molecule has 2 heterocycles. The zero-order chi connectivity index (χ0) is 14.7. The van der Waals surface area contributed by atoms with Crippen LogP contribution in [0.2, 0.25) is 0 Å². The van der Waals surface area contributed by atoms with Gasteiger partial charge in [-0.25, -0.2) is 4.79 Å². The summed E-state index contributed by atoms with van der Waals surface area (Å²) >= 11 is 0. The fraction of sp³-hybridized carbons (Fsp3) is 0.467. The first-order valence-electron chi connectivity index (χ1n) is 6.48. The largest absolute Gasteiger partial charge is 0.458 e. The Kier molecular flexibility index (Phi) is 2.74. The molecule has 0 bridgehead atoms. The lowest BCUT2D eigenvalue weighted by Gasteiger charge is -2.50. The minimum atomic E-state index is -0.998. The van der Waals surface area contributed by atoms with Crippen LogP contribution in [-0.4, -0.2) is 41.3 Å². The van der Waals surface area contributed by atoms with E-state index in [1.54, 1.807) is 6.08 Å². The lowest BCUT2D eigenvalue weighted by Crippen LogP contribution is -2.60. The third-order valence-corrected chi connectivity index (χ3v) is 4.63. The summed E-state index contributed by atoms with van der Waals surface area (Å²) in [5, 5.41) is 10.6. The second-order valence-electron chi connectivity index (χ2n) is 5.56. The minimum absolute atomic E-state index is 0.0969. The Morgan fingerprint density at radius 3 is 2.65 bits per heavy atom. The molecule has 1 aliphatic carbocycles. The van der Waals surface area contributed by atoms with Crippen molar-refractivity contribution in [2.75, 3.05) is 6.61 Å². The highest BCUT2D eigenvalue weighted by Gasteiger charge is 2.60. The zero-order valence-electron chi connectivity index (χ0n) is 11.0. The van der Waals surface area contributed by atoms with Crippen molar-refractivity contribution in [1.82, 2.24) is 0 Å². The van der Waals surface area contributed by atoms with Crippen LogP contribution in [0.5, 0.6) is 0 Å². The van der Waals surface area contributed by atoms with Crippen LogP contribution in [0, 0.1) is 11.8 Å². The number of carbonyl (C=O) groups is 2. The molecule has 106 valence electrons. The quantitative estimate of drug-likeness (QED) is 0.430. The molecule has 0 radical (unpaired) electrons. The van der Waals surface area contributed by atoms with E-state index in [2.05, 4.69) is 19.7 Å². The summed E-state index contributed by atoms with van der Waals surface area (Å²) in [6, 6.07) is 0. The summed E-state index contributed by atoms with van der Waals surface area (Å²) in [4.78, 5) is 23.4. The summed E-state index contributed by atoms with van der Waals surface area (Å²) in [5.74, 6) is -1.88. The predicted octanol–water partition coefficient (Wildman–Crippen LogP) is 0.545. The molecule has 3 fully saturated rings. The highest BCUT2D eigenvalue weighted by molar-refractivity contribution is 5.98. The number of aliphatic hydroxyl groups excluding tert-OH is 1. The van der Waals surface area contributed by atoms with Crippen LogP contribution >= 0.6 is 0 Å². The molecule has 20 heavy (non-hydrogen) atoms. The van der Waals surface area contributed by atoms with Crippen molar-refractivity contribution in [3.63, 3.8) is 0 Å². The molecule has 0 aromatic heterocycles. The molecule has 5 heteroatoms. The van der Waals surface area contributed by atoms with Gasteiger partial charge in [0.05, 0.1) is 17.6 Å².